The number of nitrogens with two attached hydrogens (primary N) is 1. The van der Waals surface area contributed by atoms with Crippen LogP contribution in [0.2, 0.25) is 10.0 Å². The van der Waals surface area contributed by atoms with Gasteiger partial charge in [-0.25, -0.2) is 4.79 Å². The molecule has 0 aliphatic heterocycles. The Morgan fingerprint density at radius 3 is 2.71 bits per heavy atom. The lowest BCUT2D eigenvalue weighted by Crippen LogP contribution is -2.07. The summed E-state index contributed by atoms with van der Waals surface area (Å²) in [7, 11) is 0. The molecular formula is C15H10Cl2N2O2. The molecule has 0 atom stereocenters. The van der Waals surface area contributed by atoms with Crippen LogP contribution >= 0.6 is 23.2 Å². The van der Waals surface area contributed by atoms with E-state index in [-0.39, 0.29) is 22.2 Å². The number of carbonyl (C=O) groups is 1. The van der Waals surface area contributed by atoms with Crippen LogP contribution in [0.5, 0.6) is 0 Å². The molecule has 0 aliphatic carbocycles. The molecule has 0 fully saturated rings. The normalized spacial score (nSPS) is 9.95. The summed E-state index contributed by atoms with van der Waals surface area (Å²) in [6.07, 6.45) is 0. The smallest absolute Gasteiger partial charge is 0.340 e. The average Bonchev–Trinajstić information content (AvgIpc) is 2.48. The largest absolute Gasteiger partial charge is 0.457 e. The summed E-state index contributed by atoms with van der Waals surface area (Å²) in [6.45, 7) is -0.0364. The first-order valence-electron chi connectivity index (χ1n) is 5.92. The number of nitrogens with zero attached hydrogens (tertiary/aromatic N) is 1. The Bertz CT molecular complexity index is 739. The van der Waals surface area contributed by atoms with E-state index in [2.05, 4.69) is 0 Å². The molecule has 0 aliphatic rings. The Labute approximate surface area is 131 Å². The van der Waals surface area contributed by atoms with Crippen molar-refractivity contribution in [1.82, 2.24) is 0 Å². The Kier molecular flexibility index (Phi) is 4.69. The molecule has 0 aromatic heterocycles. The van der Waals surface area contributed by atoms with Gasteiger partial charge in [0, 0.05) is 11.3 Å². The third-order valence-electron chi connectivity index (χ3n) is 2.77. The number of carbonyl (C=O) groups excluding carboxylic acids is 1. The number of esters is 1. The van der Waals surface area contributed by atoms with Crippen molar-refractivity contribution in [3.05, 3.63) is 63.1 Å². The molecule has 4 nitrogen and oxygen atoms in total. The Hall–Kier alpha value is -2.22. The quantitative estimate of drug-likeness (QED) is 0.689. The highest BCUT2D eigenvalue weighted by Gasteiger charge is 2.16. The van der Waals surface area contributed by atoms with E-state index >= 15 is 0 Å². The SMILES string of the molecule is N#Cc1ccccc1COC(=O)c1cc(N)cc(Cl)c1Cl. The monoisotopic (exact) mass is 320 g/mol. The number of rotatable bonds is 3. The van der Waals surface area contributed by atoms with Crippen molar-refractivity contribution in [3.63, 3.8) is 0 Å². The average molecular weight is 321 g/mol. The molecule has 0 radical (unpaired) electrons. The van der Waals surface area contributed by atoms with Gasteiger partial charge in [0.25, 0.3) is 0 Å². The van der Waals surface area contributed by atoms with E-state index in [0.717, 1.165) is 0 Å². The van der Waals surface area contributed by atoms with Crippen molar-refractivity contribution in [1.29, 1.82) is 5.26 Å². The van der Waals surface area contributed by atoms with Gasteiger partial charge in [0.1, 0.15) is 6.61 Å². The zero-order chi connectivity index (χ0) is 15.4. The molecule has 2 aromatic carbocycles. The van der Waals surface area contributed by atoms with E-state index in [1.54, 1.807) is 24.3 Å². The summed E-state index contributed by atoms with van der Waals surface area (Å²) >= 11 is 11.8. The fourth-order valence-corrected chi connectivity index (χ4v) is 2.15. The third-order valence-corrected chi connectivity index (χ3v) is 3.57. The number of nitrogen functional groups attached to an aromatic ring is 1. The highest BCUT2D eigenvalue weighted by molar-refractivity contribution is 6.44. The summed E-state index contributed by atoms with van der Waals surface area (Å²) in [6, 6.07) is 11.7. The predicted octanol–water partition coefficient (Wildman–Crippen LogP) is 3.80. The molecule has 0 amide bonds. The summed E-state index contributed by atoms with van der Waals surface area (Å²) in [4.78, 5) is 12.0. The first-order valence-corrected chi connectivity index (χ1v) is 6.68. The van der Waals surface area contributed by atoms with Gasteiger partial charge in [-0.1, -0.05) is 41.4 Å². The van der Waals surface area contributed by atoms with Gasteiger partial charge in [0.05, 0.1) is 27.2 Å². The fourth-order valence-electron chi connectivity index (χ4n) is 1.73. The van der Waals surface area contributed by atoms with Crippen LogP contribution in [-0.2, 0) is 11.3 Å². The number of nitriles is 1. The maximum Gasteiger partial charge on any atom is 0.340 e. The first-order chi connectivity index (χ1) is 10.0. The summed E-state index contributed by atoms with van der Waals surface area (Å²) in [5, 5.41) is 9.24. The van der Waals surface area contributed by atoms with Crippen LogP contribution in [0.4, 0.5) is 5.69 Å². The summed E-state index contributed by atoms with van der Waals surface area (Å²) in [5.41, 5.74) is 7.09. The summed E-state index contributed by atoms with van der Waals surface area (Å²) in [5.74, 6) is -0.651. The van der Waals surface area contributed by atoms with Crippen LogP contribution in [0.3, 0.4) is 0 Å². The number of benzene rings is 2. The van der Waals surface area contributed by atoms with Crippen molar-refractivity contribution < 1.29 is 9.53 Å². The van der Waals surface area contributed by atoms with Gasteiger partial charge in [0.2, 0.25) is 0 Å². The molecule has 0 saturated carbocycles. The van der Waals surface area contributed by atoms with Crippen LogP contribution < -0.4 is 5.73 Å². The standard InChI is InChI=1S/C15H10Cl2N2O2/c16-13-6-11(19)5-12(14(13)17)15(20)21-8-10-4-2-1-3-9(10)7-18/h1-6H,8,19H2. The Morgan fingerprint density at radius 2 is 2.00 bits per heavy atom. The Balaban J connectivity index is 2.18. The van der Waals surface area contributed by atoms with E-state index in [9.17, 15) is 4.79 Å². The number of hydrogen-bond donors (Lipinski definition) is 1. The molecular weight excluding hydrogens is 311 g/mol. The number of halogens is 2. The molecule has 0 spiro atoms. The van der Waals surface area contributed by atoms with Crippen molar-refractivity contribution in [2.75, 3.05) is 5.73 Å². The maximum atomic E-state index is 12.0. The molecule has 0 saturated heterocycles. The minimum Gasteiger partial charge on any atom is -0.457 e. The first kappa shape index (κ1) is 15.2. The van der Waals surface area contributed by atoms with E-state index in [4.69, 9.17) is 38.9 Å². The molecule has 21 heavy (non-hydrogen) atoms. The lowest BCUT2D eigenvalue weighted by atomic mass is 10.1. The summed E-state index contributed by atoms with van der Waals surface area (Å²) < 4.78 is 5.16. The van der Waals surface area contributed by atoms with Crippen molar-refractivity contribution >= 4 is 34.9 Å². The molecule has 2 N–H and O–H groups in total. The molecule has 0 heterocycles. The highest BCUT2D eigenvalue weighted by Crippen LogP contribution is 2.29. The van der Waals surface area contributed by atoms with Gasteiger partial charge in [-0.05, 0) is 18.2 Å². The Morgan fingerprint density at radius 1 is 1.29 bits per heavy atom. The van der Waals surface area contributed by atoms with Gasteiger partial charge >= 0.3 is 5.97 Å². The second-order valence-electron chi connectivity index (χ2n) is 4.21. The van der Waals surface area contributed by atoms with Gasteiger partial charge in [0.15, 0.2) is 0 Å². The van der Waals surface area contributed by atoms with Gasteiger partial charge in [-0.2, -0.15) is 5.26 Å². The maximum absolute atomic E-state index is 12.0. The van der Waals surface area contributed by atoms with Crippen LogP contribution in [0.15, 0.2) is 36.4 Å². The van der Waals surface area contributed by atoms with E-state index in [1.165, 1.54) is 12.1 Å². The van der Waals surface area contributed by atoms with E-state index in [0.29, 0.717) is 16.8 Å². The minimum atomic E-state index is -0.651. The minimum absolute atomic E-state index is 0.0364. The predicted molar refractivity (Wildman–Crippen MR) is 81.2 cm³/mol. The number of ether oxygens (including phenoxy) is 1. The molecule has 0 unspecified atom stereocenters. The topological polar surface area (TPSA) is 76.1 Å². The lowest BCUT2D eigenvalue weighted by Gasteiger charge is -2.09. The van der Waals surface area contributed by atoms with Crippen molar-refractivity contribution in [3.8, 4) is 6.07 Å². The molecule has 106 valence electrons. The van der Waals surface area contributed by atoms with Crippen LogP contribution in [0.25, 0.3) is 0 Å². The zero-order valence-corrected chi connectivity index (χ0v) is 12.3. The highest BCUT2D eigenvalue weighted by atomic mass is 35.5. The molecule has 6 heteroatoms. The lowest BCUT2D eigenvalue weighted by molar-refractivity contribution is 0.0472. The fraction of sp³-hybridized carbons (Fsp3) is 0.0667. The number of hydrogen-bond acceptors (Lipinski definition) is 4. The van der Waals surface area contributed by atoms with Crippen LogP contribution in [0, 0.1) is 11.3 Å². The van der Waals surface area contributed by atoms with E-state index in [1.807, 2.05) is 6.07 Å². The zero-order valence-electron chi connectivity index (χ0n) is 10.8. The van der Waals surface area contributed by atoms with Gasteiger partial charge in [-0.15, -0.1) is 0 Å². The van der Waals surface area contributed by atoms with Crippen LogP contribution in [-0.4, -0.2) is 5.97 Å². The van der Waals surface area contributed by atoms with E-state index < -0.39 is 5.97 Å². The third kappa shape index (κ3) is 3.46. The van der Waals surface area contributed by atoms with Crippen LogP contribution in [0.1, 0.15) is 21.5 Å². The van der Waals surface area contributed by atoms with Gasteiger partial charge in [-0.3, -0.25) is 0 Å². The molecule has 2 rings (SSSR count). The molecule has 0 bridgehead atoms. The van der Waals surface area contributed by atoms with Crippen molar-refractivity contribution in [2.45, 2.75) is 6.61 Å². The molecule has 2 aromatic rings. The second-order valence-corrected chi connectivity index (χ2v) is 4.99. The van der Waals surface area contributed by atoms with Crippen molar-refractivity contribution in [2.24, 2.45) is 0 Å². The number of anilines is 1. The second kappa shape index (κ2) is 6.49. The van der Waals surface area contributed by atoms with Gasteiger partial charge < -0.3 is 10.5 Å².